The predicted molar refractivity (Wildman–Crippen MR) is 76.3 cm³/mol. The standard InChI is InChI=1S/C14H23N3O2/c1-10(2)13(9-19-3)16-8-11-6-4-5-7-12(11)14(15)17-18/h4-7,10,13,16,18H,8-9H2,1-3H3,(H2,15,17). The first-order valence-electron chi connectivity index (χ1n) is 6.38. The maximum atomic E-state index is 8.79. The van der Waals surface area contributed by atoms with Gasteiger partial charge in [-0.3, -0.25) is 0 Å². The van der Waals surface area contributed by atoms with E-state index in [0.717, 1.165) is 11.1 Å². The van der Waals surface area contributed by atoms with Gasteiger partial charge in [-0.05, 0) is 11.5 Å². The van der Waals surface area contributed by atoms with Gasteiger partial charge < -0.3 is 21.0 Å². The predicted octanol–water partition coefficient (Wildman–Crippen LogP) is 1.54. The quantitative estimate of drug-likeness (QED) is 0.302. The zero-order valence-electron chi connectivity index (χ0n) is 11.8. The Labute approximate surface area is 114 Å². The maximum absolute atomic E-state index is 8.79. The average Bonchev–Trinajstić information content (AvgIpc) is 2.42. The molecule has 0 bridgehead atoms. The van der Waals surface area contributed by atoms with Gasteiger partial charge in [0.1, 0.15) is 0 Å². The molecule has 1 unspecified atom stereocenters. The average molecular weight is 265 g/mol. The van der Waals surface area contributed by atoms with Crippen LogP contribution in [0.2, 0.25) is 0 Å². The third-order valence-corrected chi connectivity index (χ3v) is 3.11. The highest BCUT2D eigenvalue weighted by atomic mass is 16.5. The molecule has 1 atom stereocenters. The van der Waals surface area contributed by atoms with Crippen molar-refractivity contribution in [3.8, 4) is 0 Å². The Morgan fingerprint density at radius 2 is 2.11 bits per heavy atom. The van der Waals surface area contributed by atoms with Crippen molar-refractivity contribution in [3.05, 3.63) is 35.4 Å². The molecule has 0 radical (unpaired) electrons. The molecule has 5 nitrogen and oxygen atoms in total. The Hall–Kier alpha value is -1.59. The van der Waals surface area contributed by atoms with Crippen LogP contribution in [-0.4, -0.2) is 30.8 Å². The molecule has 0 heterocycles. The van der Waals surface area contributed by atoms with Gasteiger partial charge in [-0.1, -0.05) is 43.3 Å². The summed E-state index contributed by atoms with van der Waals surface area (Å²) < 4.78 is 5.20. The Morgan fingerprint density at radius 1 is 1.42 bits per heavy atom. The molecule has 1 aromatic rings. The topological polar surface area (TPSA) is 79.9 Å². The number of hydrogen-bond donors (Lipinski definition) is 3. The molecule has 19 heavy (non-hydrogen) atoms. The van der Waals surface area contributed by atoms with Crippen molar-refractivity contribution in [2.24, 2.45) is 16.8 Å². The summed E-state index contributed by atoms with van der Waals surface area (Å²) in [7, 11) is 1.70. The SMILES string of the molecule is COCC(NCc1ccccc1C(N)=NO)C(C)C. The molecule has 0 amide bonds. The normalized spacial score (nSPS) is 13.8. The number of nitrogens with one attached hydrogen (secondary N) is 1. The Kier molecular flexibility index (Phi) is 6.32. The second-order valence-corrected chi connectivity index (χ2v) is 4.83. The highest BCUT2D eigenvalue weighted by Crippen LogP contribution is 2.10. The van der Waals surface area contributed by atoms with Crippen LogP contribution in [0, 0.1) is 5.92 Å². The number of oxime groups is 1. The number of hydrogen-bond acceptors (Lipinski definition) is 4. The molecule has 0 saturated carbocycles. The van der Waals surface area contributed by atoms with Crippen LogP contribution >= 0.6 is 0 Å². The first kappa shape index (κ1) is 15.5. The smallest absolute Gasteiger partial charge is 0.170 e. The first-order valence-corrected chi connectivity index (χ1v) is 6.38. The van der Waals surface area contributed by atoms with Gasteiger partial charge in [0.25, 0.3) is 0 Å². The fraction of sp³-hybridized carbons (Fsp3) is 0.500. The lowest BCUT2D eigenvalue weighted by atomic mass is 10.0. The largest absolute Gasteiger partial charge is 0.409 e. The number of ether oxygens (including phenoxy) is 1. The van der Waals surface area contributed by atoms with Crippen LogP contribution in [0.3, 0.4) is 0 Å². The Morgan fingerprint density at radius 3 is 2.68 bits per heavy atom. The van der Waals surface area contributed by atoms with E-state index in [0.29, 0.717) is 19.1 Å². The van der Waals surface area contributed by atoms with Crippen molar-refractivity contribution in [3.63, 3.8) is 0 Å². The molecule has 106 valence electrons. The fourth-order valence-corrected chi connectivity index (χ4v) is 1.89. The van der Waals surface area contributed by atoms with Gasteiger partial charge in [0.05, 0.1) is 6.61 Å². The van der Waals surface area contributed by atoms with Crippen molar-refractivity contribution in [1.82, 2.24) is 5.32 Å². The maximum Gasteiger partial charge on any atom is 0.170 e. The molecule has 0 spiro atoms. The van der Waals surface area contributed by atoms with Gasteiger partial charge >= 0.3 is 0 Å². The van der Waals surface area contributed by atoms with Crippen LogP contribution in [0.15, 0.2) is 29.4 Å². The van der Waals surface area contributed by atoms with E-state index in [2.05, 4.69) is 24.3 Å². The number of rotatable bonds is 7. The molecule has 1 aromatic carbocycles. The van der Waals surface area contributed by atoms with Crippen LogP contribution in [-0.2, 0) is 11.3 Å². The highest BCUT2D eigenvalue weighted by molar-refractivity contribution is 5.98. The summed E-state index contributed by atoms with van der Waals surface area (Å²) in [5, 5.41) is 15.3. The monoisotopic (exact) mass is 265 g/mol. The van der Waals surface area contributed by atoms with E-state index in [9.17, 15) is 0 Å². The van der Waals surface area contributed by atoms with Crippen LogP contribution < -0.4 is 11.1 Å². The number of nitrogens with zero attached hydrogens (tertiary/aromatic N) is 1. The van der Waals surface area contributed by atoms with Gasteiger partial charge in [0.2, 0.25) is 0 Å². The van der Waals surface area contributed by atoms with Crippen LogP contribution in [0.5, 0.6) is 0 Å². The van der Waals surface area contributed by atoms with Gasteiger partial charge in [-0.2, -0.15) is 0 Å². The van der Waals surface area contributed by atoms with Crippen molar-refractivity contribution in [2.75, 3.05) is 13.7 Å². The molecule has 0 saturated heterocycles. The van der Waals surface area contributed by atoms with E-state index in [-0.39, 0.29) is 11.9 Å². The van der Waals surface area contributed by atoms with E-state index < -0.39 is 0 Å². The van der Waals surface area contributed by atoms with Crippen LogP contribution in [0.1, 0.15) is 25.0 Å². The van der Waals surface area contributed by atoms with Crippen molar-refractivity contribution < 1.29 is 9.94 Å². The number of methoxy groups -OCH3 is 1. The second kappa shape index (κ2) is 7.76. The molecular weight excluding hydrogens is 242 g/mol. The van der Waals surface area contributed by atoms with Crippen molar-refractivity contribution >= 4 is 5.84 Å². The highest BCUT2D eigenvalue weighted by Gasteiger charge is 2.13. The van der Waals surface area contributed by atoms with E-state index in [1.165, 1.54) is 0 Å². The minimum atomic E-state index is 0.130. The summed E-state index contributed by atoms with van der Waals surface area (Å²) in [6, 6.07) is 7.88. The van der Waals surface area contributed by atoms with Crippen LogP contribution in [0.4, 0.5) is 0 Å². The summed E-state index contributed by atoms with van der Waals surface area (Å²) in [5.74, 6) is 0.598. The Balaban J connectivity index is 2.77. The second-order valence-electron chi connectivity index (χ2n) is 4.83. The van der Waals surface area contributed by atoms with Crippen molar-refractivity contribution in [2.45, 2.75) is 26.4 Å². The van der Waals surface area contributed by atoms with E-state index in [1.54, 1.807) is 7.11 Å². The summed E-state index contributed by atoms with van der Waals surface area (Å²) in [6.07, 6.45) is 0. The minimum absolute atomic E-state index is 0.130. The van der Waals surface area contributed by atoms with Crippen molar-refractivity contribution in [1.29, 1.82) is 0 Å². The molecule has 1 rings (SSSR count). The molecule has 0 fully saturated rings. The summed E-state index contributed by atoms with van der Waals surface area (Å²) in [6.45, 7) is 5.60. The first-order chi connectivity index (χ1) is 9.10. The zero-order chi connectivity index (χ0) is 14.3. The third kappa shape index (κ3) is 4.54. The molecule has 5 heteroatoms. The van der Waals surface area contributed by atoms with Gasteiger partial charge in [0, 0.05) is 25.3 Å². The number of benzene rings is 1. The van der Waals surface area contributed by atoms with E-state index in [1.807, 2.05) is 24.3 Å². The lowest BCUT2D eigenvalue weighted by molar-refractivity contribution is 0.146. The molecule has 4 N–H and O–H groups in total. The zero-order valence-corrected chi connectivity index (χ0v) is 11.8. The lowest BCUT2D eigenvalue weighted by Gasteiger charge is -2.22. The molecule has 0 aliphatic heterocycles. The molecule has 0 aliphatic rings. The molecule has 0 aliphatic carbocycles. The Bertz CT molecular complexity index is 419. The summed E-state index contributed by atoms with van der Waals surface area (Å²) in [4.78, 5) is 0. The number of amidine groups is 1. The van der Waals surface area contributed by atoms with E-state index in [4.69, 9.17) is 15.7 Å². The molecular formula is C14H23N3O2. The lowest BCUT2D eigenvalue weighted by Crippen LogP contribution is -2.37. The van der Waals surface area contributed by atoms with Crippen LogP contribution in [0.25, 0.3) is 0 Å². The van der Waals surface area contributed by atoms with Gasteiger partial charge in [-0.15, -0.1) is 0 Å². The summed E-state index contributed by atoms with van der Waals surface area (Å²) in [5.41, 5.74) is 7.41. The summed E-state index contributed by atoms with van der Waals surface area (Å²) >= 11 is 0. The third-order valence-electron chi connectivity index (χ3n) is 3.11. The molecule has 0 aromatic heterocycles. The fourth-order valence-electron chi connectivity index (χ4n) is 1.89. The minimum Gasteiger partial charge on any atom is -0.409 e. The number of nitrogens with two attached hydrogens (primary N) is 1. The van der Waals surface area contributed by atoms with Gasteiger partial charge in [-0.25, -0.2) is 0 Å². The van der Waals surface area contributed by atoms with Gasteiger partial charge in [0.15, 0.2) is 5.84 Å². The van der Waals surface area contributed by atoms with E-state index >= 15 is 0 Å².